The van der Waals surface area contributed by atoms with Crippen LogP contribution in [0.4, 0.5) is 4.39 Å². The Balaban J connectivity index is 1.22. The molecule has 174 valence electrons. The van der Waals surface area contributed by atoms with Crippen molar-refractivity contribution in [2.75, 3.05) is 25.4 Å². The molecule has 1 fully saturated rings. The Morgan fingerprint density at radius 1 is 1.09 bits per heavy atom. The lowest BCUT2D eigenvalue weighted by Gasteiger charge is -2.28. The minimum absolute atomic E-state index is 0.0330. The van der Waals surface area contributed by atoms with Crippen LogP contribution in [0.25, 0.3) is 17.0 Å². The van der Waals surface area contributed by atoms with Crippen LogP contribution >= 0.6 is 11.8 Å². The van der Waals surface area contributed by atoms with Crippen molar-refractivity contribution in [1.29, 1.82) is 0 Å². The van der Waals surface area contributed by atoms with Crippen LogP contribution in [-0.2, 0) is 4.79 Å². The number of amides is 1. The molecule has 5 rings (SSSR count). The van der Waals surface area contributed by atoms with E-state index in [1.165, 1.54) is 23.9 Å². The Labute approximate surface area is 200 Å². The second kappa shape index (κ2) is 10.3. The molecule has 1 unspecified atom stereocenters. The molecule has 0 radical (unpaired) electrons. The number of pyridine rings is 1. The first kappa shape index (κ1) is 22.4. The molecular formula is C24H24FN7OS. The van der Waals surface area contributed by atoms with Crippen LogP contribution in [0.2, 0.25) is 0 Å². The van der Waals surface area contributed by atoms with Crippen molar-refractivity contribution in [1.82, 2.24) is 35.0 Å². The highest BCUT2D eigenvalue weighted by atomic mass is 32.2. The highest BCUT2D eigenvalue weighted by Crippen LogP contribution is 2.25. The number of benzene rings is 1. The summed E-state index contributed by atoms with van der Waals surface area (Å²) in [5.41, 5.74) is 2.45. The largest absolute Gasteiger partial charge is 0.353 e. The molecule has 4 heterocycles. The van der Waals surface area contributed by atoms with Crippen LogP contribution in [0.3, 0.4) is 0 Å². The third-order valence-corrected chi connectivity index (χ3v) is 6.76. The molecule has 1 saturated heterocycles. The molecular weight excluding hydrogens is 453 g/mol. The highest BCUT2D eigenvalue weighted by molar-refractivity contribution is 7.99. The van der Waals surface area contributed by atoms with E-state index in [0.29, 0.717) is 23.0 Å². The Bertz CT molecular complexity index is 1260. The van der Waals surface area contributed by atoms with Gasteiger partial charge in [0.15, 0.2) is 11.5 Å². The summed E-state index contributed by atoms with van der Waals surface area (Å²) in [6, 6.07) is 14.0. The van der Waals surface area contributed by atoms with E-state index in [2.05, 4.69) is 30.5 Å². The minimum atomic E-state index is -0.256. The smallest absolute Gasteiger partial charge is 0.230 e. The van der Waals surface area contributed by atoms with Gasteiger partial charge in [-0.3, -0.25) is 14.7 Å². The number of carbonyl (C=O) groups is 1. The molecule has 1 aromatic carbocycles. The zero-order valence-corrected chi connectivity index (χ0v) is 19.3. The first-order valence-corrected chi connectivity index (χ1v) is 12.2. The fraction of sp³-hybridized carbons (Fsp3) is 0.292. The summed E-state index contributed by atoms with van der Waals surface area (Å²) >= 11 is 1.35. The third kappa shape index (κ3) is 5.07. The van der Waals surface area contributed by atoms with Crippen molar-refractivity contribution in [3.8, 4) is 11.4 Å². The predicted octanol–water partition coefficient (Wildman–Crippen LogP) is 3.37. The summed E-state index contributed by atoms with van der Waals surface area (Å²) in [6.45, 7) is 2.44. The van der Waals surface area contributed by atoms with E-state index < -0.39 is 0 Å². The van der Waals surface area contributed by atoms with Crippen LogP contribution < -0.4 is 5.32 Å². The number of hydrogen-bond donors (Lipinski definition) is 1. The molecule has 4 aromatic rings. The van der Waals surface area contributed by atoms with E-state index in [1.54, 1.807) is 29.0 Å². The van der Waals surface area contributed by atoms with Crippen LogP contribution in [-0.4, -0.2) is 61.0 Å². The van der Waals surface area contributed by atoms with Crippen molar-refractivity contribution in [2.45, 2.75) is 23.9 Å². The molecule has 0 bridgehead atoms. The topological polar surface area (TPSA) is 88.3 Å². The van der Waals surface area contributed by atoms with Gasteiger partial charge in [-0.2, -0.15) is 9.61 Å². The number of fused-ring (bicyclic) bond motifs is 1. The summed E-state index contributed by atoms with van der Waals surface area (Å²) in [5.74, 6) is 0.504. The highest BCUT2D eigenvalue weighted by Gasteiger charge is 2.24. The maximum absolute atomic E-state index is 13.4. The predicted molar refractivity (Wildman–Crippen MR) is 128 cm³/mol. The lowest BCUT2D eigenvalue weighted by molar-refractivity contribution is -0.118. The van der Waals surface area contributed by atoms with Crippen molar-refractivity contribution in [3.05, 3.63) is 72.3 Å². The fourth-order valence-electron chi connectivity index (χ4n) is 4.12. The molecule has 1 aliphatic rings. The SMILES string of the molecule is O=C(CSc1ccc2nnc(-c3cccnc3)n2n1)NCC(c1ccc(F)cc1)N1CCCC1. The van der Waals surface area contributed by atoms with Gasteiger partial charge in [-0.05, 0) is 67.9 Å². The third-order valence-electron chi connectivity index (χ3n) is 5.84. The zero-order valence-electron chi connectivity index (χ0n) is 18.5. The van der Waals surface area contributed by atoms with Crippen molar-refractivity contribution in [2.24, 2.45) is 0 Å². The Kier molecular flexibility index (Phi) is 6.77. The minimum Gasteiger partial charge on any atom is -0.353 e. The molecule has 0 saturated carbocycles. The van der Waals surface area contributed by atoms with Gasteiger partial charge in [0.05, 0.1) is 11.8 Å². The molecule has 0 spiro atoms. The number of hydrogen-bond acceptors (Lipinski definition) is 7. The van der Waals surface area contributed by atoms with Gasteiger partial charge in [0.2, 0.25) is 5.91 Å². The number of rotatable bonds is 8. The van der Waals surface area contributed by atoms with Crippen molar-refractivity contribution < 1.29 is 9.18 Å². The van der Waals surface area contributed by atoms with E-state index in [4.69, 9.17) is 0 Å². The van der Waals surface area contributed by atoms with Gasteiger partial charge in [0, 0.05) is 24.5 Å². The molecule has 1 atom stereocenters. The summed E-state index contributed by atoms with van der Waals surface area (Å²) in [4.78, 5) is 19.1. The first-order valence-electron chi connectivity index (χ1n) is 11.2. The Hall–Kier alpha value is -3.37. The standard InChI is InChI=1S/C24H24FN7OS/c25-19-7-5-17(6-8-19)20(31-12-1-2-13-31)15-27-22(33)16-34-23-10-9-21-28-29-24(32(21)30-23)18-4-3-11-26-14-18/h3-11,14,20H,1-2,12-13,15-16H2,(H,27,33). The monoisotopic (exact) mass is 477 g/mol. The number of aromatic nitrogens is 5. The zero-order chi connectivity index (χ0) is 23.3. The average Bonchev–Trinajstić information content (AvgIpc) is 3.55. The molecule has 10 heteroatoms. The number of nitrogens with one attached hydrogen (secondary N) is 1. The van der Waals surface area contributed by atoms with Crippen LogP contribution in [0, 0.1) is 5.82 Å². The number of carbonyl (C=O) groups excluding carboxylic acids is 1. The molecule has 8 nitrogen and oxygen atoms in total. The normalized spacial score (nSPS) is 15.0. The number of halogens is 1. The van der Waals surface area contributed by atoms with E-state index >= 15 is 0 Å². The lowest BCUT2D eigenvalue weighted by atomic mass is 10.1. The maximum Gasteiger partial charge on any atom is 0.230 e. The first-order chi connectivity index (χ1) is 16.7. The maximum atomic E-state index is 13.4. The van der Waals surface area contributed by atoms with Crippen molar-refractivity contribution >= 4 is 23.3 Å². The van der Waals surface area contributed by atoms with Gasteiger partial charge in [-0.15, -0.1) is 10.2 Å². The molecule has 0 aliphatic carbocycles. The summed E-state index contributed by atoms with van der Waals surface area (Å²) in [6.07, 6.45) is 5.69. The molecule has 1 amide bonds. The number of nitrogens with zero attached hydrogens (tertiary/aromatic N) is 6. The van der Waals surface area contributed by atoms with Crippen LogP contribution in [0.5, 0.6) is 0 Å². The van der Waals surface area contributed by atoms with Crippen LogP contribution in [0.1, 0.15) is 24.4 Å². The van der Waals surface area contributed by atoms with Gasteiger partial charge in [-0.25, -0.2) is 4.39 Å². The summed E-state index contributed by atoms with van der Waals surface area (Å²) in [7, 11) is 0. The van der Waals surface area contributed by atoms with E-state index in [9.17, 15) is 9.18 Å². The van der Waals surface area contributed by atoms with Gasteiger partial charge < -0.3 is 5.32 Å². The second-order valence-corrected chi connectivity index (χ2v) is 9.11. The molecule has 1 aliphatic heterocycles. The quantitative estimate of drug-likeness (QED) is 0.389. The van der Waals surface area contributed by atoms with Gasteiger partial charge in [-0.1, -0.05) is 23.9 Å². The van der Waals surface area contributed by atoms with Gasteiger partial charge >= 0.3 is 0 Å². The van der Waals surface area contributed by atoms with Crippen LogP contribution in [0.15, 0.2) is 66.0 Å². The molecule has 1 N–H and O–H groups in total. The molecule has 34 heavy (non-hydrogen) atoms. The van der Waals surface area contributed by atoms with Crippen molar-refractivity contribution in [3.63, 3.8) is 0 Å². The lowest BCUT2D eigenvalue weighted by Crippen LogP contribution is -2.37. The Morgan fingerprint density at radius 3 is 2.68 bits per heavy atom. The summed E-state index contributed by atoms with van der Waals surface area (Å²) < 4.78 is 15.1. The van der Waals surface area contributed by atoms with Gasteiger partial charge in [0.25, 0.3) is 0 Å². The summed E-state index contributed by atoms with van der Waals surface area (Å²) in [5, 5.41) is 16.7. The number of thioether (sulfide) groups is 1. The van der Waals surface area contributed by atoms with E-state index in [0.717, 1.165) is 37.1 Å². The fourth-order valence-corrected chi connectivity index (χ4v) is 4.81. The van der Waals surface area contributed by atoms with Gasteiger partial charge in [0.1, 0.15) is 10.8 Å². The van der Waals surface area contributed by atoms with E-state index in [1.807, 2.05) is 24.3 Å². The number of likely N-dealkylation sites (tertiary alicyclic amines) is 1. The Morgan fingerprint density at radius 2 is 1.91 bits per heavy atom. The second-order valence-electron chi connectivity index (χ2n) is 8.11. The molecule has 3 aromatic heterocycles. The average molecular weight is 478 g/mol. The van der Waals surface area contributed by atoms with E-state index in [-0.39, 0.29) is 23.5 Å².